The molecule has 1 amide bonds. The van der Waals surface area contributed by atoms with Gasteiger partial charge in [0.1, 0.15) is 12.4 Å². The highest BCUT2D eigenvalue weighted by atomic mass is 16.2. The quantitative estimate of drug-likeness (QED) is 0.795. The average Bonchev–Trinajstić information content (AvgIpc) is 2.64. The van der Waals surface area contributed by atoms with Gasteiger partial charge >= 0.3 is 0 Å². The first-order chi connectivity index (χ1) is 12.1. The predicted molar refractivity (Wildman–Crippen MR) is 95.2 cm³/mol. The van der Waals surface area contributed by atoms with Crippen molar-refractivity contribution >= 4 is 22.5 Å². The number of para-hydroxylation sites is 1. The molecule has 0 saturated carbocycles. The maximum Gasteiger partial charge on any atom is 0.261 e. The molecular formula is C19H16N4O2. The third-order valence-electron chi connectivity index (χ3n) is 3.83. The van der Waals surface area contributed by atoms with E-state index < -0.39 is 0 Å². The zero-order valence-electron chi connectivity index (χ0n) is 13.7. The summed E-state index contributed by atoms with van der Waals surface area (Å²) in [7, 11) is 0. The van der Waals surface area contributed by atoms with E-state index in [1.807, 2.05) is 19.1 Å². The van der Waals surface area contributed by atoms with Crippen LogP contribution in [0.3, 0.4) is 0 Å². The van der Waals surface area contributed by atoms with Crippen LogP contribution < -0.4 is 10.9 Å². The molecular weight excluding hydrogens is 316 g/mol. The minimum Gasteiger partial charge on any atom is -0.324 e. The van der Waals surface area contributed by atoms with E-state index in [2.05, 4.69) is 10.3 Å². The van der Waals surface area contributed by atoms with Gasteiger partial charge < -0.3 is 5.32 Å². The molecule has 1 heterocycles. The Balaban J connectivity index is 1.91. The van der Waals surface area contributed by atoms with Crippen LogP contribution in [0.4, 0.5) is 5.69 Å². The summed E-state index contributed by atoms with van der Waals surface area (Å²) < 4.78 is 1.39. The van der Waals surface area contributed by atoms with Crippen LogP contribution in [0.5, 0.6) is 0 Å². The van der Waals surface area contributed by atoms with Gasteiger partial charge in [0.25, 0.3) is 5.56 Å². The van der Waals surface area contributed by atoms with E-state index >= 15 is 0 Å². The van der Waals surface area contributed by atoms with Crippen LogP contribution in [0.2, 0.25) is 0 Å². The Morgan fingerprint density at radius 2 is 2.04 bits per heavy atom. The molecule has 3 rings (SSSR count). The maximum atomic E-state index is 12.7. The second kappa shape index (κ2) is 6.97. The zero-order valence-corrected chi connectivity index (χ0v) is 13.7. The topological polar surface area (TPSA) is 87.8 Å². The van der Waals surface area contributed by atoms with E-state index in [1.54, 1.807) is 42.5 Å². The molecule has 2 aromatic carbocycles. The summed E-state index contributed by atoms with van der Waals surface area (Å²) in [5.74, 6) is 0.216. The van der Waals surface area contributed by atoms with Gasteiger partial charge in [0.05, 0.1) is 22.5 Å². The molecule has 0 radical (unpaired) electrons. The van der Waals surface area contributed by atoms with Crippen molar-refractivity contribution in [3.8, 4) is 6.07 Å². The summed E-state index contributed by atoms with van der Waals surface area (Å²) in [6, 6.07) is 15.7. The molecule has 0 aliphatic heterocycles. The Morgan fingerprint density at radius 1 is 1.24 bits per heavy atom. The number of aromatic nitrogens is 2. The van der Waals surface area contributed by atoms with Gasteiger partial charge in [-0.3, -0.25) is 14.2 Å². The van der Waals surface area contributed by atoms with E-state index in [1.165, 1.54) is 4.57 Å². The van der Waals surface area contributed by atoms with Crippen LogP contribution in [-0.4, -0.2) is 15.5 Å². The number of amides is 1. The Bertz CT molecular complexity index is 1050. The summed E-state index contributed by atoms with van der Waals surface area (Å²) in [6.07, 6.45) is 0.539. The molecule has 0 bridgehead atoms. The fourth-order valence-corrected chi connectivity index (χ4v) is 2.66. The number of carbonyl (C=O) groups is 1. The van der Waals surface area contributed by atoms with E-state index in [-0.39, 0.29) is 18.0 Å². The van der Waals surface area contributed by atoms with E-state index in [0.717, 1.165) is 0 Å². The first kappa shape index (κ1) is 16.4. The second-order valence-corrected chi connectivity index (χ2v) is 5.53. The number of nitrogens with one attached hydrogen (secondary N) is 1. The SMILES string of the molecule is CCc1nc2ccccc2c(=O)n1CC(=O)Nc1cccc(C#N)c1. The molecule has 0 unspecified atom stereocenters. The Hall–Kier alpha value is -3.46. The van der Waals surface area contributed by atoms with E-state index in [0.29, 0.717) is 34.4 Å². The Morgan fingerprint density at radius 3 is 2.80 bits per heavy atom. The van der Waals surface area contributed by atoms with Crippen LogP contribution in [0.25, 0.3) is 10.9 Å². The second-order valence-electron chi connectivity index (χ2n) is 5.53. The summed E-state index contributed by atoms with van der Waals surface area (Å²) in [4.78, 5) is 29.5. The predicted octanol–water partition coefficient (Wildman–Crippen LogP) is 2.47. The van der Waals surface area contributed by atoms with Crippen molar-refractivity contribution in [3.05, 3.63) is 70.3 Å². The number of hydrogen-bond donors (Lipinski definition) is 1. The molecule has 6 nitrogen and oxygen atoms in total. The van der Waals surface area contributed by atoms with E-state index in [9.17, 15) is 9.59 Å². The first-order valence-electron chi connectivity index (χ1n) is 7.91. The highest BCUT2D eigenvalue weighted by molar-refractivity contribution is 5.91. The molecule has 25 heavy (non-hydrogen) atoms. The normalized spacial score (nSPS) is 10.4. The number of carbonyl (C=O) groups excluding carboxylic acids is 1. The van der Waals surface area contributed by atoms with Crippen LogP contribution in [0, 0.1) is 11.3 Å². The molecule has 3 aromatic rings. The number of nitriles is 1. The first-order valence-corrected chi connectivity index (χ1v) is 7.91. The lowest BCUT2D eigenvalue weighted by Gasteiger charge is -2.12. The van der Waals surface area contributed by atoms with Crippen LogP contribution in [0.1, 0.15) is 18.3 Å². The van der Waals surface area contributed by atoms with Crippen molar-refractivity contribution in [1.29, 1.82) is 5.26 Å². The number of hydrogen-bond acceptors (Lipinski definition) is 4. The van der Waals surface area contributed by atoms with Crippen LogP contribution >= 0.6 is 0 Å². The van der Waals surface area contributed by atoms with Crippen LogP contribution in [-0.2, 0) is 17.8 Å². The third-order valence-corrected chi connectivity index (χ3v) is 3.83. The number of aryl methyl sites for hydroxylation is 1. The van der Waals surface area contributed by atoms with Gasteiger partial charge in [-0.15, -0.1) is 0 Å². The number of benzene rings is 2. The monoisotopic (exact) mass is 332 g/mol. The van der Waals surface area contributed by atoms with Gasteiger partial charge in [-0.1, -0.05) is 25.1 Å². The summed E-state index contributed by atoms with van der Waals surface area (Å²) >= 11 is 0. The molecule has 6 heteroatoms. The lowest BCUT2D eigenvalue weighted by molar-refractivity contribution is -0.116. The average molecular weight is 332 g/mol. The van der Waals surface area contributed by atoms with Gasteiger partial charge in [-0.05, 0) is 30.3 Å². The minimum absolute atomic E-state index is 0.128. The lowest BCUT2D eigenvalue weighted by atomic mass is 10.2. The standard InChI is InChI=1S/C19H16N4O2/c1-2-17-22-16-9-4-3-8-15(16)19(25)23(17)12-18(24)21-14-7-5-6-13(10-14)11-20/h3-10H,2,12H2,1H3,(H,21,24). The molecule has 0 atom stereocenters. The molecule has 1 N–H and O–H groups in total. The highest BCUT2D eigenvalue weighted by Crippen LogP contribution is 2.11. The summed E-state index contributed by atoms with van der Waals surface area (Å²) in [5.41, 5.74) is 1.37. The molecule has 1 aromatic heterocycles. The summed E-state index contributed by atoms with van der Waals surface area (Å²) in [6.45, 7) is 1.76. The smallest absolute Gasteiger partial charge is 0.261 e. The molecule has 0 aliphatic rings. The van der Waals surface area contributed by atoms with Crippen LogP contribution in [0.15, 0.2) is 53.3 Å². The van der Waals surface area contributed by atoms with Crippen molar-refractivity contribution in [2.45, 2.75) is 19.9 Å². The van der Waals surface area contributed by atoms with Crippen molar-refractivity contribution < 1.29 is 4.79 Å². The molecule has 0 spiro atoms. The molecule has 0 saturated heterocycles. The Labute approximate surface area is 144 Å². The fraction of sp³-hybridized carbons (Fsp3) is 0.158. The summed E-state index contributed by atoms with van der Waals surface area (Å²) in [5, 5.41) is 12.1. The van der Waals surface area contributed by atoms with Crippen molar-refractivity contribution in [3.63, 3.8) is 0 Å². The number of anilines is 1. The Kier molecular flexibility index (Phi) is 4.57. The van der Waals surface area contributed by atoms with Crippen molar-refractivity contribution in [2.24, 2.45) is 0 Å². The van der Waals surface area contributed by atoms with Crippen molar-refractivity contribution in [1.82, 2.24) is 9.55 Å². The maximum absolute atomic E-state index is 12.7. The zero-order chi connectivity index (χ0) is 17.8. The molecule has 124 valence electrons. The van der Waals surface area contributed by atoms with Gasteiger partial charge in [0.2, 0.25) is 5.91 Å². The minimum atomic E-state index is -0.344. The van der Waals surface area contributed by atoms with E-state index in [4.69, 9.17) is 5.26 Å². The van der Waals surface area contributed by atoms with Gasteiger partial charge in [0.15, 0.2) is 0 Å². The van der Waals surface area contributed by atoms with Gasteiger partial charge in [-0.2, -0.15) is 5.26 Å². The molecule has 0 fully saturated rings. The van der Waals surface area contributed by atoms with Gasteiger partial charge in [0, 0.05) is 12.1 Å². The highest BCUT2D eigenvalue weighted by Gasteiger charge is 2.13. The number of nitrogens with zero attached hydrogens (tertiary/aromatic N) is 3. The number of rotatable bonds is 4. The fourth-order valence-electron chi connectivity index (χ4n) is 2.66. The largest absolute Gasteiger partial charge is 0.324 e. The number of fused-ring (bicyclic) bond motifs is 1. The lowest BCUT2D eigenvalue weighted by Crippen LogP contribution is -2.31. The van der Waals surface area contributed by atoms with Gasteiger partial charge in [-0.25, -0.2) is 4.98 Å². The molecule has 0 aliphatic carbocycles. The third kappa shape index (κ3) is 3.40. The van der Waals surface area contributed by atoms with Crippen molar-refractivity contribution in [2.75, 3.05) is 5.32 Å².